The summed E-state index contributed by atoms with van der Waals surface area (Å²) in [7, 11) is 2.07. The number of likely N-dealkylation sites (N-methyl/N-ethyl adjacent to an activating group) is 1. The third kappa shape index (κ3) is 1.89. The van der Waals surface area contributed by atoms with Gasteiger partial charge in [0.15, 0.2) is 0 Å². The van der Waals surface area contributed by atoms with Gasteiger partial charge in [-0.25, -0.2) is 4.98 Å². The summed E-state index contributed by atoms with van der Waals surface area (Å²) >= 11 is 0. The lowest BCUT2D eigenvalue weighted by molar-refractivity contribution is 0.0356. The van der Waals surface area contributed by atoms with Gasteiger partial charge in [-0.05, 0) is 13.1 Å². The van der Waals surface area contributed by atoms with E-state index in [1.165, 1.54) is 0 Å². The van der Waals surface area contributed by atoms with E-state index in [1.54, 1.807) is 18.3 Å². The molecule has 0 atom stereocenters. The second-order valence-corrected chi connectivity index (χ2v) is 3.39. The van der Waals surface area contributed by atoms with Crippen molar-refractivity contribution in [3.63, 3.8) is 0 Å². The van der Waals surface area contributed by atoms with E-state index in [1.807, 2.05) is 0 Å². The van der Waals surface area contributed by atoms with Gasteiger partial charge in [0.25, 0.3) is 0 Å². The first-order valence-electron chi connectivity index (χ1n) is 4.31. The van der Waals surface area contributed by atoms with Gasteiger partial charge in [0.1, 0.15) is 6.10 Å². The van der Waals surface area contributed by atoms with Gasteiger partial charge in [0.2, 0.25) is 5.88 Å². The van der Waals surface area contributed by atoms with Crippen LogP contribution in [0.2, 0.25) is 0 Å². The molecule has 0 aliphatic carbocycles. The Hall–Kier alpha value is -1.29. The molecule has 0 unspecified atom stereocenters. The first kappa shape index (κ1) is 8.31. The average Bonchev–Trinajstić information content (AvgIpc) is 2.06. The predicted octanol–water partition coefficient (Wildman–Crippen LogP) is 0.357. The quantitative estimate of drug-likeness (QED) is 0.712. The number of nitrogens with two attached hydrogens (primary N) is 1. The van der Waals surface area contributed by atoms with Crippen molar-refractivity contribution >= 4 is 5.69 Å². The van der Waals surface area contributed by atoms with Crippen LogP contribution in [0.5, 0.6) is 5.88 Å². The van der Waals surface area contributed by atoms with Crippen molar-refractivity contribution in [3.05, 3.63) is 18.3 Å². The molecule has 0 bridgehead atoms. The molecular weight excluding hydrogens is 166 g/mol. The molecule has 1 saturated heterocycles. The zero-order chi connectivity index (χ0) is 9.26. The van der Waals surface area contributed by atoms with Crippen LogP contribution in [0, 0.1) is 0 Å². The Labute approximate surface area is 77.3 Å². The van der Waals surface area contributed by atoms with Gasteiger partial charge in [0, 0.05) is 19.2 Å². The van der Waals surface area contributed by atoms with E-state index in [2.05, 4.69) is 16.9 Å². The van der Waals surface area contributed by atoms with Crippen LogP contribution >= 0.6 is 0 Å². The fourth-order valence-electron chi connectivity index (χ4n) is 1.35. The minimum absolute atomic E-state index is 0.293. The molecule has 4 nitrogen and oxygen atoms in total. The topological polar surface area (TPSA) is 51.4 Å². The Morgan fingerprint density at radius 2 is 2.31 bits per heavy atom. The molecule has 1 fully saturated rings. The van der Waals surface area contributed by atoms with Crippen molar-refractivity contribution in [2.75, 3.05) is 25.9 Å². The molecule has 1 aliphatic heterocycles. The molecule has 1 aromatic rings. The first-order valence-corrected chi connectivity index (χ1v) is 4.31. The van der Waals surface area contributed by atoms with Crippen LogP contribution in [0.15, 0.2) is 18.3 Å². The number of likely N-dealkylation sites (tertiary alicyclic amines) is 1. The van der Waals surface area contributed by atoms with Crippen molar-refractivity contribution in [2.24, 2.45) is 0 Å². The Bertz CT molecular complexity index is 279. The molecule has 1 aliphatic rings. The minimum Gasteiger partial charge on any atom is -0.472 e. The fourth-order valence-corrected chi connectivity index (χ4v) is 1.35. The molecule has 0 amide bonds. The Morgan fingerprint density at radius 3 is 2.85 bits per heavy atom. The van der Waals surface area contributed by atoms with Crippen LogP contribution in [-0.2, 0) is 0 Å². The molecule has 0 saturated carbocycles. The number of hydrogen-bond acceptors (Lipinski definition) is 4. The van der Waals surface area contributed by atoms with E-state index in [9.17, 15) is 0 Å². The van der Waals surface area contributed by atoms with Crippen LogP contribution < -0.4 is 10.5 Å². The lowest BCUT2D eigenvalue weighted by Crippen LogP contribution is -2.51. The van der Waals surface area contributed by atoms with Crippen molar-refractivity contribution in [3.8, 4) is 5.88 Å². The van der Waals surface area contributed by atoms with Crippen molar-refractivity contribution < 1.29 is 4.74 Å². The summed E-state index contributed by atoms with van der Waals surface area (Å²) in [5.41, 5.74) is 6.16. The van der Waals surface area contributed by atoms with Crippen molar-refractivity contribution in [1.82, 2.24) is 9.88 Å². The molecular formula is C9H13N3O. The zero-order valence-electron chi connectivity index (χ0n) is 7.60. The van der Waals surface area contributed by atoms with Crippen LogP contribution in [0.3, 0.4) is 0 Å². The highest BCUT2D eigenvalue weighted by Crippen LogP contribution is 2.14. The molecule has 2 N–H and O–H groups in total. The SMILES string of the molecule is CN1CC(Oc2ccc(N)cn2)C1. The summed E-state index contributed by atoms with van der Waals surface area (Å²) < 4.78 is 5.57. The molecule has 13 heavy (non-hydrogen) atoms. The van der Waals surface area contributed by atoms with E-state index >= 15 is 0 Å². The molecule has 2 heterocycles. The molecule has 1 aromatic heterocycles. The smallest absolute Gasteiger partial charge is 0.213 e. The number of nitrogens with zero attached hydrogens (tertiary/aromatic N) is 2. The van der Waals surface area contributed by atoms with Crippen molar-refractivity contribution in [2.45, 2.75) is 6.10 Å². The van der Waals surface area contributed by atoms with Gasteiger partial charge in [-0.1, -0.05) is 0 Å². The molecule has 0 spiro atoms. The van der Waals surface area contributed by atoms with Gasteiger partial charge < -0.3 is 10.5 Å². The van der Waals surface area contributed by atoms with Crippen LogP contribution in [0.4, 0.5) is 5.69 Å². The van der Waals surface area contributed by atoms with Gasteiger partial charge in [0.05, 0.1) is 11.9 Å². The highest BCUT2D eigenvalue weighted by Gasteiger charge is 2.24. The minimum atomic E-state index is 0.293. The Morgan fingerprint density at radius 1 is 1.54 bits per heavy atom. The molecule has 2 rings (SSSR count). The van der Waals surface area contributed by atoms with Crippen LogP contribution in [0.25, 0.3) is 0 Å². The number of anilines is 1. The summed E-state index contributed by atoms with van der Waals surface area (Å²) in [5, 5.41) is 0. The van der Waals surface area contributed by atoms with Crippen molar-refractivity contribution in [1.29, 1.82) is 0 Å². The zero-order valence-corrected chi connectivity index (χ0v) is 7.60. The molecule has 0 radical (unpaired) electrons. The van der Waals surface area contributed by atoms with E-state index in [0.717, 1.165) is 13.1 Å². The number of rotatable bonds is 2. The maximum absolute atomic E-state index is 5.57. The third-order valence-electron chi connectivity index (χ3n) is 2.08. The monoisotopic (exact) mass is 179 g/mol. The van der Waals surface area contributed by atoms with E-state index < -0.39 is 0 Å². The largest absolute Gasteiger partial charge is 0.472 e. The van der Waals surface area contributed by atoms with Gasteiger partial charge in [-0.15, -0.1) is 0 Å². The second-order valence-electron chi connectivity index (χ2n) is 3.39. The lowest BCUT2D eigenvalue weighted by atomic mass is 10.2. The summed E-state index contributed by atoms with van der Waals surface area (Å²) in [4.78, 5) is 6.26. The van der Waals surface area contributed by atoms with Crippen LogP contribution in [-0.4, -0.2) is 36.1 Å². The van der Waals surface area contributed by atoms with Gasteiger partial charge >= 0.3 is 0 Å². The fraction of sp³-hybridized carbons (Fsp3) is 0.444. The molecule has 4 heteroatoms. The number of ether oxygens (including phenoxy) is 1. The predicted molar refractivity (Wildman–Crippen MR) is 50.6 cm³/mol. The Balaban J connectivity index is 1.91. The van der Waals surface area contributed by atoms with Crippen LogP contribution in [0.1, 0.15) is 0 Å². The number of nitrogen functional groups attached to an aromatic ring is 1. The maximum atomic E-state index is 5.57. The first-order chi connectivity index (χ1) is 6.24. The molecule has 0 aromatic carbocycles. The summed E-state index contributed by atoms with van der Waals surface area (Å²) in [6.07, 6.45) is 1.90. The van der Waals surface area contributed by atoms with Gasteiger partial charge in [-0.2, -0.15) is 0 Å². The third-order valence-corrected chi connectivity index (χ3v) is 2.08. The maximum Gasteiger partial charge on any atom is 0.213 e. The second kappa shape index (κ2) is 3.22. The number of aromatic nitrogens is 1. The number of pyridine rings is 1. The lowest BCUT2D eigenvalue weighted by Gasteiger charge is -2.35. The highest BCUT2D eigenvalue weighted by atomic mass is 16.5. The average molecular weight is 179 g/mol. The standard InChI is InChI=1S/C9H13N3O/c1-12-5-8(6-12)13-9-3-2-7(10)4-11-9/h2-4,8H,5-6,10H2,1H3. The van der Waals surface area contributed by atoms with E-state index in [0.29, 0.717) is 17.7 Å². The van der Waals surface area contributed by atoms with E-state index in [4.69, 9.17) is 10.5 Å². The summed E-state index contributed by atoms with van der Waals surface area (Å²) in [6, 6.07) is 3.60. The molecule has 70 valence electrons. The normalized spacial score (nSPS) is 18.2. The number of hydrogen-bond donors (Lipinski definition) is 1. The highest BCUT2D eigenvalue weighted by molar-refractivity contribution is 5.36. The summed E-state index contributed by atoms with van der Waals surface area (Å²) in [6.45, 7) is 1.96. The summed E-state index contributed by atoms with van der Waals surface area (Å²) in [5.74, 6) is 0.660. The van der Waals surface area contributed by atoms with Gasteiger partial charge in [-0.3, -0.25) is 4.90 Å². The van der Waals surface area contributed by atoms with E-state index in [-0.39, 0.29) is 0 Å². The Kier molecular flexibility index (Phi) is 2.06.